The quantitative estimate of drug-likeness (QED) is 0.579. The average Bonchev–Trinajstić information content (AvgIpc) is 3.19. The second-order valence-corrected chi connectivity index (χ2v) is 6.95. The molecule has 144 valence electrons. The van der Waals surface area contributed by atoms with Crippen LogP contribution in [0.4, 0.5) is 5.69 Å². The molecule has 2 N–H and O–H groups in total. The fourth-order valence-electron chi connectivity index (χ4n) is 3.13. The maximum Gasteiger partial charge on any atom is 0.253 e. The van der Waals surface area contributed by atoms with Crippen molar-refractivity contribution in [3.05, 3.63) is 29.8 Å². The van der Waals surface area contributed by atoms with Crippen LogP contribution in [0, 0.1) is 0 Å². The number of hydrogen-bond donors (Lipinski definition) is 2. The second kappa shape index (κ2) is 11.7. The van der Waals surface area contributed by atoms with Crippen LogP contribution in [0.2, 0.25) is 0 Å². The molecule has 1 heterocycles. The molecule has 0 radical (unpaired) electrons. The van der Waals surface area contributed by atoms with Crippen LogP contribution >= 0.6 is 0 Å². The molecule has 1 saturated heterocycles. The van der Waals surface area contributed by atoms with Crippen molar-refractivity contribution in [1.82, 2.24) is 5.32 Å². The van der Waals surface area contributed by atoms with Crippen molar-refractivity contribution in [2.24, 2.45) is 0 Å². The smallest absolute Gasteiger partial charge is 0.253 e. The fourth-order valence-corrected chi connectivity index (χ4v) is 3.13. The molecule has 0 saturated carbocycles. The molecule has 2 amide bonds. The summed E-state index contributed by atoms with van der Waals surface area (Å²) in [4.78, 5) is 24.4. The van der Waals surface area contributed by atoms with Crippen LogP contribution in [0.1, 0.15) is 75.1 Å². The molecular weight excluding hydrogens is 328 g/mol. The maximum atomic E-state index is 12.3. The zero-order chi connectivity index (χ0) is 18.6. The first-order valence-corrected chi connectivity index (χ1v) is 10.0. The van der Waals surface area contributed by atoms with Crippen molar-refractivity contribution in [3.63, 3.8) is 0 Å². The highest BCUT2D eigenvalue weighted by atomic mass is 16.5. The molecule has 1 unspecified atom stereocenters. The Labute approximate surface area is 156 Å². The number of ether oxygens (including phenoxy) is 1. The highest BCUT2D eigenvalue weighted by Crippen LogP contribution is 2.16. The van der Waals surface area contributed by atoms with Gasteiger partial charge in [0.05, 0.1) is 0 Å². The van der Waals surface area contributed by atoms with Gasteiger partial charge in [-0.2, -0.15) is 0 Å². The van der Waals surface area contributed by atoms with Gasteiger partial charge in [0.1, 0.15) is 6.10 Å². The molecule has 5 heteroatoms. The number of rotatable bonds is 11. The third-order valence-electron chi connectivity index (χ3n) is 4.68. The van der Waals surface area contributed by atoms with Crippen LogP contribution in [-0.4, -0.2) is 31.1 Å². The minimum absolute atomic E-state index is 0.0933. The van der Waals surface area contributed by atoms with Crippen LogP contribution in [0.15, 0.2) is 24.3 Å². The minimum Gasteiger partial charge on any atom is -0.368 e. The Morgan fingerprint density at radius 3 is 2.62 bits per heavy atom. The molecule has 1 aromatic carbocycles. The SMILES string of the molecule is CCCCCCCCCNC(=O)c1cccc(NC(=O)C2CCCO2)c1. The second-order valence-electron chi connectivity index (χ2n) is 6.95. The van der Waals surface area contributed by atoms with Gasteiger partial charge in [-0.05, 0) is 37.5 Å². The molecule has 1 atom stereocenters. The predicted molar refractivity (Wildman–Crippen MR) is 104 cm³/mol. The van der Waals surface area contributed by atoms with Gasteiger partial charge < -0.3 is 15.4 Å². The summed E-state index contributed by atoms with van der Waals surface area (Å²) in [7, 11) is 0. The van der Waals surface area contributed by atoms with E-state index in [9.17, 15) is 9.59 Å². The topological polar surface area (TPSA) is 67.4 Å². The van der Waals surface area contributed by atoms with E-state index in [2.05, 4.69) is 17.6 Å². The van der Waals surface area contributed by atoms with Crippen LogP contribution in [-0.2, 0) is 9.53 Å². The maximum absolute atomic E-state index is 12.3. The van der Waals surface area contributed by atoms with Gasteiger partial charge in [-0.15, -0.1) is 0 Å². The van der Waals surface area contributed by atoms with E-state index < -0.39 is 0 Å². The lowest BCUT2D eigenvalue weighted by Crippen LogP contribution is -2.27. The van der Waals surface area contributed by atoms with Gasteiger partial charge in [-0.3, -0.25) is 9.59 Å². The molecule has 0 bridgehead atoms. The average molecular weight is 360 g/mol. The third-order valence-corrected chi connectivity index (χ3v) is 4.68. The molecule has 1 aliphatic rings. The highest BCUT2D eigenvalue weighted by molar-refractivity contribution is 5.98. The van der Waals surface area contributed by atoms with E-state index in [0.29, 0.717) is 24.4 Å². The van der Waals surface area contributed by atoms with Crippen LogP contribution in [0.5, 0.6) is 0 Å². The summed E-state index contributed by atoms with van der Waals surface area (Å²) in [6, 6.07) is 7.06. The summed E-state index contributed by atoms with van der Waals surface area (Å²) in [5.41, 5.74) is 1.20. The molecule has 2 rings (SSSR count). The molecular formula is C21H32N2O3. The zero-order valence-corrected chi connectivity index (χ0v) is 15.9. The van der Waals surface area contributed by atoms with Crippen LogP contribution < -0.4 is 10.6 Å². The van der Waals surface area contributed by atoms with Gasteiger partial charge in [0.2, 0.25) is 0 Å². The molecule has 1 aliphatic heterocycles. The lowest BCUT2D eigenvalue weighted by Gasteiger charge is -2.11. The number of carbonyl (C=O) groups excluding carboxylic acids is 2. The summed E-state index contributed by atoms with van der Waals surface area (Å²) < 4.78 is 5.38. The monoisotopic (exact) mass is 360 g/mol. The van der Waals surface area contributed by atoms with Crippen molar-refractivity contribution < 1.29 is 14.3 Å². The Hall–Kier alpha value is -1.88. The molecule has 0 aromatic heterocycles. The standard InChI is InChI=1S/C21H32N2O3/c1-2-3-4-5-6-7-8-14-22-20(24)17-11-9-12-18(16-17)23-21(25)19-13-10-15-26-19/h9,11-12,16,19H,2-8,10,13-15H2,1H3,(H,22,24)(H,23,25). The van der Waals surface area contributed by atoms with Crippen molar-refractivity contribution in [2.45, 2.75) is 70.8 Å². The lowest BCUT2D eigenvalue weighted by atomic mass is 10.1. The number of nitrogens with one attached hydrogen (secondary N) is 2. The number of carbonyl (C=O) groups is 2. The molecule has 1 fully saturated rings. The van der Waals surface area contributed by atoms with Crippen molar-refractivity contribution in [3.8, 4) is 0 Å². The van der Waals surface area contributed by atoms with Crippen molar-refractivity contribution >= 4 is 17.5 Å². The third kappa shape index (κ3) is 7.16. The van der Waals surface area contributed by atoms with Crippen LogP contribution in [0.25, 0.3) is 0 Å². The van der Waals surface area contributed by atoms with E-state index in [1.165, 1.54) is 32.1 Å². The molecule has 0 spiro atoms. The van der Waals surface area contributed by atoms with Gasteiger partial charge in [-0.1, -0.05) is 51.5 Å². The Kier molecular flexibility index (Phi) is 9.18. The van der Waals surface area contributed by atoms with Crippen molar-refractivity contribution in [1.29, 1.82) is 0 Å². The zero-order valence-electron chi connectivity index (χ0n) is 15.9. The van der Waals surface area contributed by atoms with E-state index in [0.717, 1.165) is 25.7 Å². The summed E-state index contributed by atoms with van der Waals surface area (Å²) >= 11 is 0. The van der Waals surface area contributed by atoms with E-state index >= 15 is 0 Å². The van der Waals surface area contributed by atoms with Gasteiger partial charge >= 0.3 is 0 Å². The number of amides is 2. The molecule has 5 nitrogen and oxygen atoms in total. The van der Waals surface area contributed by atoms with Gasteiger partial charge in [-0.25, -0.2) is 0 Å². The number of unbranched alkanes of at least 4 members (excludes halogenated alkanes) is 6. The minimum atomic E-state index is -0.371. The molecule has 0 aliphatic carbocycles. The number of anilines is 1. The normalized spacial score (nSPS) is 16.4. The first-order valence-electron chi connectivity index (χ1n) is 10.0. The number of benzene rings is 1. The van der Waals surface area contributed by atoms with E-state index in [4.69, 9.17) is 4.74 Å². The summed E-state index contributed by atoms with van der Waals surface area (Å²) in [5.74, 6) is -0.229. The Morgan fingerprint density at radius 1 is 1.12 bits per heavy atom. The van der Waals surface area contributed by atoms with Gasteiger partial charge in [0.15, 0.2) is 0 Å². The Balaban J connectivity index is 1.69. The summed E-state index contributed by atoms with van der Waals surface area (Å²) in [6.07, 6.45) is 9.88. The van der Waals surface area contributed by atoms with E-state index in [1.807, 2.05) is 0 Å². The van der Waals surface area contributed by atoms with Gasteiger partial charge in [0.25, 0.3) is 11.8 Å². The first-order chi connectivity index (χ1) is 12.7. The summed E-state index contributed by atoms with van der Waals surface area (Å²) in [5, 5.41) is 5.80. The predicted octanol–water partition coefficient (Wildman–Crippen LogP) is 4.28. The van der Waals surface area contributed by atoms with E-state index in [1.54, 1.807) is 24.3 Å². The molecule has 1 aromatic rings. The largest absolute Gasteiger partial charge is 0.368 e. The number of hydrogen-bond acceptors (Lipinski definition) is 3. The fraction of sp³-hybridized carbons (Fsp3) is 0.619. The highest BCUT2D eigenvalue weighted by Gasteiger charge is 2.23. The van der Waals surface area contributed by atoms with Crippen molar-refractivity contribution in [2.75, 3.05) is 18.5 Å². The van der Waals surface area contributed by atoms with Gasteiger partial charge in [0, 0.05) is 24.4 Å². The first kappa shape index (κ1) is 20.4. The van der Waals surface area contributed by atoms with Crippen LogP contribution in [0.3, 0.4) is 0 Å². The Morgan fingerprint density at radius 2 is 1.88 bits per heavy atom. The van der Waals surface area contributed by atoms with E-state index in [-0.39, 0.29) is 17.9 Å². The Bertz CT molecular complexity index is 568. The summed E-state index contributed by atoms with van der Waals surface area (Å²) in [6.45, 7) is 3.55. The lowest BCUT2D eigenvalue weighted by molar-refractivity contribution is -0.124. The molecule has 26 heavy (non-hydrogen) atoms.